The minimum atomic E-state index is 0.619. The van der Waals surface area contributed by atoms with Crippen molar-refractivity contribution in [2.45, 2.75) is 31.7 Å². The number of aromatic nitrogens is 2. The lowest BCUT2D eigenvalue weighted by Crippen LogP contribution is -2.35. The molecule has 0 radical (unpaired) electrons. The van der Waals surface area contributed by atoms with Crippen LogP contribution in [0.15, 0.2) is 18.6 Å². The van der Waals surface area contributed by atoms with Gasteiger partial charge in [-0.05, 0) is 25.8 Å². The lowest BCUT2D eigenvalue weighted by Gasteiger charge is -2.23. The minimum Gasteiger partial charge on any atom is -0.477 e. The van der Waals surface area contributed by atoms with Crippen molar-refractivity contribution in [3.8, 4) is 5.88 Å². The molecule has 0 aromatic carbocycles. The number of hydrogen-bond acceptors (Lipinski definition) is 4. The van der Waals surface area contributed by atoms with E-state index < -0.39 is 0 Å². The Kier molecular flexibility index (Phi) is 3.91. The summed E-state index contributed by atoms with van der Waals surface area (Å²) in [4.78, 5) is 8.00. The molecule has 0 spiro atoms. The Morgan fingerprint density at radius 3 is 3.13 bits per heavy atom. The first-order chi connectivity index (χ1) is 7.45. The van der Waals surface area contributed by atoms with Crippen LogP contribution in [0.2, 0.25) is 0 Å². The van der Waals surface area contributed by atoms with Crippen LogP contribution in [-0.2, 0) is 0 Å². The Balaban J connectivity index is 1.66. The molecule has 1 aliphatic heterocycles. The molecule has 4 nitrogen and oxygen atoms in total. The third kappa shape index (κ3) is 3.47. The van der Waals surface area contributed by atoms with Crippen LogP contribution in [0, 0.1) is 0 Å². The summed E-state index contributed by atoms with van der Waals surface area (Å²) < 4.78 is 5.50. The zero-order chi connectivity index (χ0) is 10.3. The Labute approximate surface area is 90.1 Å². The highest BCUT2D eigenvalue weighted by atomic mass is 16.5. The van der Waals surface area contributed by atoms with Gasteiger partial charge >= 0.3 is 0 Å². The van der Waals surface area contributed by atoms with Crippen molar-refractivity contribution in [3.05, 3.63) is 18.6 Å². The van der Waals surface area contributed by atoms with E-state index >= 15 is 0 Å². The van der Waals surface area contributed by atoms with Gasteiger partial charge in [-0.1, -0.05) is 6.42 Å². The molecule has 2 rings (SSSR count). The van der Waals surface area contributed by atoms with E-state index in [0.29, 0.717) is 11.9 Å². The molecule has 1 fully saturated rings. The second-order valence-electron chi connectivity index (χ2n) is 3.83. The number of hydrogen-bond donors (Lipinski definition) is 1. The highest BCUT2D eigenvalue weighted by Gasteiger charge is 2.11. The van der Waals surface area contributed by atoms with Crippen molar-refractivity contribution >= 4 is 0 Å². The Bertz CT molecular complexity index is 272. The van der Waals surface area contributed by atoms with Gasteiger partial charge in [0, 0.05) is 18.4 Å². The molecular weight excluding hydrogens is 190 g/mol. The summed E-state index contributed by atoms with van der Waals surface area (Å²) in [7, 11) is 0. The van der Waals surface area contributed by atoms with Gasteiger partial charge in [0.25, 0.3) is 0 Å². The van der Waals surface area contributed by atoms with Crippen molar-refractivity contribution in [2.24, 2.45) is 0 Å². The maximum Gasteiger partial charge on any atom is 0.232 e. The van der Waals surface area contributed by atoms with Crippen LogP contribution in [0.5, 0.6) is 5.88 Å². The van der Waals surface area contributed by atoms with Crippen LogP contribution in [0.3, 0.4) is 0 Å². The molecule has 0 bridgehead atoms. The van der Waals surface area contributed by atoms with Gasteiger partial charge in [0.15, 0.2) is 0 Å². The number of piperidine rings is 1. The zero-order valence-electron chi connectivity index (χ0n) is 8.85. The SMILES string of the molecule is c1cnc(OCCC2CCCCN2)cn1. The zero-order valence-corrected chi connectivity index (χ0v) is 8.85. The van der Waals surface area contributed by atoms with E-state index in [-0.39, 0.29) is 0 Å². The van der Waals surface area contributed by atoms with Gasteiger partial charge in [-0.15, -0.1) is 0 Å². The second kappa shape index (κ2) is 5.66. The van der Waals surface area contributed by atoms with Crippen molar-refractivity contribution in [3.63, 3.8) is 0 Å². The van der Waals surface area contributed by atoms with Crippen molar-refractivity contribution in [1.29, 1.82) is 0 Å². The van der Waals surface area contributed by atoms with Crippen LogP contribution in [0.25, 0.3) is 0 Å². The van der Waals surface area contributed by atoms with Gasteiger partial charge in [-0.3, -0.25) is 4.98 Å². The predicted octanol–water partition coefficient (Wildman–Crippen LogP) is 1.39. The second-order valence-corrected chi connectivity index (χ2v) is 3.83. The highest BCUT2D eigenvalue weighted by Crippen LogP contribution is 2.10. The average molecular weight is 207 g/mol. The van der Waals surface area contributed by atoms with E-state index in [1.807, 2.05) is 0 Å². The molecule has 1 aromatic rings. The quantitative estimate of drug-likeness (QED) is 0.810. The molecule has 82 valence electrons. The van der Waals surface area contributed by atoms with Crippen LogP contribution in [0.4, 0.5) is 0 Å². The van der Waals surface area contributed by atoms with Crippen LogP contribution in [-0.4, -0.2) is 29.2 Å². The fourth-order valence-corrected chi connectivity index (χ4v) is 1.84. The standard InChI is InChI=1S/C11H17N3O/c1-2-5-13-10(3-1)4-8-15-11-9-12-6-7-14-11/h6-7,9-10,13H,1-5,8H2. The maximum atomic E-state index is 5.50. The Hall–Kier alpha value is -1.16. The van der Waals surface area contributed by atoms with Gasteiger partial charge < -0.3 is 10.1 Å². The predicted molar refractivity (Wildman–Crippen MR) is 57.8 cm³/mol. The molecular formula is C11H17N3O. The number of ether oxygens (including phenoxy) is 1. The Morgan fingerprint density at radius 1 is 1.40 bits per heavy atom. The third-order valence-electron chi connectivity index (χ3n) is 2.67. The normalized spacial score (nSPS) is 21.2. The monoisotopic (exact) mass is 207 g/mol. The van der Waals surface area contributed by atoms with Crippen molar-refractivity contribution in [2.75, 3.05) is 13.2 Å². The first-order valence-corrected chi connectivity index (χ1v) is 5.57. The molecule has 1 unspecified atom stereocenters. The first-order valence-electron chi connectivity index (χ1n) is 5.57. The topological polar surface area (TPSA) is 47.0 Å². The van der Waals surface area contributed by atoms with E-state index in [0.717, 1.165) is 19.6 Å². The highest BCUT2D eigenvalue weighted by molar-refractivity contribution is 5.00. The van der Waals surface area contributed by atoms with Gasteiger partial charge in [0.05, 0.1) is 12.8 Å². The lowest BCUT2D eigenvalue weighted by atomic mass is 10.0. The molecule has 1 aromatic heterocycles. The van der Waals surface area contributed by atoms with E-state index in [9.17, 15) is 0 Å². The van der Waals surface area contributed by atoms with Gasteiger partial charge in [-0.2, -0.15) is 0 Å². The van der Waals surface area contributed by atoms with E-state index in [1.165, 1.54) is 19.3 Å². The van der Waals surface area contributed by atoms with Crippen molar-refractivity contribution in [1.82, 2.24) is 15.3 Å². The van der Waals surface area contributed by atoms with Crippen molar-refractivity contribution < 1.29 is 4.74 Å². The average Bonchev–Trinajstić information content (AvgIpc) is 2.32. The van der Waals surface area contributed by atoms with E-state index in [4.69, 9.17) is 4.74 Å². The number of nitrogens with zero attached hydrogens (tertiary/aromatic N) is 2. The fraction of sp³-hybridized carbons (Fsp3) is 0.636. The molecule has 1 aliphatic rings. The summed E-state index contributed by atoms with van der Waals surface area (Å²) in [5.41, 5.74) is 0. The van der Waals surface area contributed by atoms with Crippen LogP contribution >= 0.6 is 0 Å². The van der Waals surface area contributed by atoms with Crippen LogP contribution < -0.4 is 10.1 Å². The molecule has 4 heteroatoms. The van der Waals surface area contributed by atoms with E-state index in [1.54, 1.807) is 18.6 Å². The van der Waals surface area contributed by atoms with Gasteiger partial charge in [0.1, 0.15) is 0 Å². The summed E-state index contributed by atoms with van der Waals surface area (Å²) in [6.07, 6.45) is 9.91. The van der Waals surface area contributed by atoms with Gasteiger partial charge in [-0.25, -0.2) is 4.98 Å². The fourth-order valence-electron chi connectivity index (χ4n) is 1.84. The molecule has 1 atom stereocenters. The number of nitrogens with one attached hydrogen (secondary N) is 1. The van der Waals surface area contributed by atoms with E-state index in [2.05, 4.69) is 15.3 Å². The lowest BCUT2D eigenvalue weighted by molar-refractivity contribution is 0.260. The van der Waals surface area contributed by atoms with Gasteiger partial charge in [0.2, 0.25) is 5.88 Å². The summed E-state index contributed by atoms with van der Waals surface area (Å²) in [6.45, 7) is 1.87. The molecule has 1 N–H and O–H groups in total. The summed E-state index contributed by atoms with van der Waals surface area (Å²) >= 11 is 0. The first kappa shape index (κ1) is 10.4. The molecule has 1 saturated heterocycles. The molecule has 0 aliphatic carbocycles. The molecule has 15 heavy (non-hydrogen) atoms. The smallest absolute Gasteiger partial charge is 0.232 e. The van der Waals surface area contributed by atoms with Crippen LogP contribution in [0.1, 0.15) is 25.7 Å². The molecule has 0 amide bonds. The summed E-state index contributed by atoms with van der Waals surface area (Å²) in [5.74, 6) is 0.619. The number of rotatable bonds is 4. The molecule has 2 heterocycles. The largest absolute Gasteiger partial charge is 0.477 e. The molecule has 0 saturated carbocycles. The third-order valence-corrected chi connectivity index (χ3v) is 2.67. The Morgan fingerprint density at radius 2 is 2.40 bits per heavy atom. The summed E-state index contributed by atoms with van der Waals surface area (Å²) in [6, 6.07) is 0.621. The maximum absolute atomic E-state index is 5.50. The summed E-state index contributed by atoms with van der Waals surface area (Å²) in [5, 5.41) is 3.49. The minimum absolute atomic E-state index is 0.619.